The number of likely N-dealkylation sites (tertiary alicyclic amines) is 1. The third-order valence-corrected chi connectivity index (χ3v) is 5.86. The molecule has 1 saturated heterocycles. The van der Waals surface area contributed by atoms with Crippen molar-refractivity contribution in [1.29, 1.82) is 0 Å². The molecule has 0 aromatic heterocycles. The van der Waals surface area contributed by atoms with Gasteiger partial charge in [-0.2, -0.15) is 0 Å². The quantitative estimate of drug-likeness (QED) is 0.723. The van der Waals surface area contributed by atoms with Crippen LogP contribution in [0.4, 0.5) is 11.4 Å². The second kappa shape index (κ2) is 8.55. The van der Waals surface area contributed by atoms with Crippen molar-refractivity contribution < 1.29 is 14.4 Å². The summed E-state index contributed by atoms with van der Waals surface area (Å²) in [5.74, 6) is -0.417. The molecule has 2 aromatic carbocycles. The van der Waals surface area contributed by atoms with Crippen molar-refractivity contribution >= 4 is 46.3 Å². The number of nitrogens with zero attached hydrogens (tertiary/aromatic N) is 2. The summed E-state index contributed by atoms with van der Waals surface area (Å²) in [6.07, 6.45) is 2.09. The van der Waals surface area contributed by atoms with Gasteiger partial charge in [-0.3, -0.25) is 14.4 Å². The van der Waals surface area contributed by atoms with Crippen LogP contribution in [0.2, 0.25) is 5.02 Å². The Bertz CT molecular complexity index is 1060. The molecule has 0 spiro atoms. The van der Waals surface area contributed by atoms with Crippen molar-refractivity contribution in [2.24, 2.45) is 5.92 Å². The summed E-state index contributed by atoms with van der Waals surface area (Å²) in [6.45, 7) is 5.07. The van der Waals surface area contributed by atoms with Gasteiger partial charge in [0.2, 0.25) is 5.91 Å². The molecule has 4 rings (SSSR count). The normalized spacial score (nSPS) is 19.3. The number of hydrogen-bond acceptors (Lipinski definition) is 4. The number of anilines is 2. The Morgan fingerprint density at radius 2 is 1.71 bits per heavy atom. The summed E-state index contributed by atoms with van der Waals surface area (Å²) in [4.78, 5) is 41.6. The number of amides is 3. The standard InChI is InChI=1S/C24H24ClN3O3/c1-15-4-3-13-27(14-15)22-21(17-5-7-18(25)8-6-17)23(30)28(24(22)31)20-11-9-19(10-12-20)26-16(2)29/h5-12,15H,3-4,13-14H2,1-2H3,(H,26,29). The van der Waals surface area contributed by atoms with Crippen LogP contribution in [0, 0.1) is 5.92 Å². The number of rotatable bonds is 4. The van der Waals surface area contributed by atoms with Gasteiger partial charge in [0.05, 0.1) is 11.3 Å². The van der Waals surface area contributed by atoms with Crippen LogP contribution < -0.4 is 10.2 Å². The Morgan fingerprint density at radius 1 is 1.03 bits per heavy atom. The molecule has 0 radical (unpaired) electrons. The zero-order valence-corrected chi connectivity index (χ0v) is 18.3. The van der Waals surface area contributed by atoms with E-state index in [4.69, 9.17) is 11.6 Å². The van der Waals surface area contributed by atoms with Crippen LogP contribution in [-0.2, 0) is 14.4 Å². The highest BCUT2D eigenvalue weighted by atomic mass is 35.5. The number of carbonyl (C=O) groups excluding carboxylic acids is 3. The third-order valence-electron chi connectivity index (χ3n) is 5.61. The number of carbonyl (C=O) groups is 3. The maximum absolute atomic E-state index is 13.5. The molecule has 2 aliphatic heterocycles. The molecular formula is C24H24ClN3O3. The Labute approximate surface area is 186 Å². The topological polar surface area (TPSA) is 69.7 Å². The Kier molecular flexibility index (Phi) is 5.83. The van der Waals surface area contributed by atoms with Crippen LogP contribution in [0.3, 0.4) is 0 Å². The number of benzene rings is 2. The molecule has 0 bridgehead atoms. The van der Waals surface area contributed by atoms with Crippen LogP contribution in [0.25, 0.3) is 5.57 Å². The van der Waals surface area contributed by atoms with E-state index < -0.39 is 0 Å². The first-order chi connectivity index (χ1) is 14.8. The minimum atomic E-state index is -0.354. The first kappa shape index (κ1) is 21.1. The molecular weight excluding hydrogens is 414 g/mol. The van der Waals surface area contributed by atoms with Crippen LogP contribution in [0.1, 0.15) is 32.3 Å². The average molecular weight is 438 g/mol. The molecule has 1 unspecified atom stereocenters. The van der Waals surface area contributed by atoms with Gasteiger partial charge in [0.15, 0.2) is 0 Å². The lowest BCUT2D eigenvalue weighted by molar-refractivity contribution is -0.121. The molecule has 2 aliphatic rings. The van der Waals surface area contributed by atoms with E-state index in [1.54, 1.807) is 48.5 Å². The van der Waals surface area contributed by atoms with Crippen LogP contribution in [-0.4, -0.2) is 35.7 Å². The first-order valence-corrected chi connectivity index (χ1v) is 10.7. The maximum atomic E-state index is 13.5. The molecule has 1 N–H and O–H groups in total. The molecule has 31 heavy (non-hydrogen) atoms. The van der Waals surface area contributed by atoms with E-state index in [1.165, 1.54) is 11.8 Å². The van der Waals surface area contributed by atoms with Gasteiger partial charge in [0.25, 0.3) is 11.8 Å². The number of hydrogen-bond donors (Lipinski definition) is 1. The summed E-state index contributed by atoms with van der Waals surface area (Å²) in [7, 11) is 0. The highest BCUT2D eigenvalue weighted by Gasteiger charge is 2.43. The lowest BCUT2D eigenvalue weighted by Crippen LogP contribution is -2.39. The lowest BCUT2D eigenvalue weighted by atomic mass is 9.98. The van der Waals surface area contributed by atoms with Crippen molar-refractivity contribution in [2.75, 3.05) is 23.3 Å². The lowest BCUT2D eigenvalue weighted by Gasteiger charge is -2.33. The molecule has 7 heteroatoms. The summed E-state index contributed by atoms with van der Waals surface area (Å²) < 4.78 is 0. The van der Waals surface area contributed by atoms with E-state index in [2.05, 4.69) is 12.2 Å². The van der Waals surface area contributed by atoms with Crippen molar-refractivity contribution in [1.82, 2.24) is 4.90 Å². The minimum Gasteiger partial charge on any atom is -0.366 e. The highest BCUT2D eigenvalue weighted by Crippen LogP contribution is 2.37. The summed E-state index contributed by atoms with van der Waals surface area (Å²) in [5.41, 5.74) is 2.60. The molecule has 2 aromatic rings. The van der Waals surface area contributed by atoms with Gasteiger partial charge in [-0.05, 0) is 60.7 Å². The summed E-state index contributed by atoms with van der Waals surface area (Å²) in [6, 6.07) is 13.7. The number of halogens is 1. The Balaban J connectivity index is 1.74. The SMILES string of the molecule is CC(=O)Nc1ccc(N2C(=O)C(c3ccc(Cl)cc3)=C(N3CCCC(C)C3)C2=O)cc1. The second-order valence-corrected chi connectivity index (χ2v) is 8.53. The van der Waals surface area contributed by atoms with Crippen molar-refractivity contribution in [3.05, 3.63) is 64.8 Å². The van der Waals surface area contributed by atoms with Crippen LogP contribution >= 0.6 is 11.6 Å². The molecule has 1 atom stereocenters. The fourth-order valence-corrected chi connectivity index (χ4v) is 4.34. The minimum absolute atomic E-state index is 0.186. The third kappa shape index (κ3) is 4.21. The molecule has 0 aliphatic carbocycles. The maximum Gasteiger partial charge on any atom is 0.282 e. The molecule has 3 amide bonds. The van der Waals surface area contributed by atoms with Gasteiger partial charge in [-0.1, -0.05) is 30.7 Å². The molecule has 2 heterocycles. The first-order valence-electron chi connectivity index (χ1n) is 10.4. The number of piperidine rings is 1. The molecule has 0 saturated carbocycles. The van der Waals surface area contributed by atoms with E-state index in [0.717, 1.165) is 25.9 Å². The second-order valence-electron chi connectivity index (χ2n) is 8.10. The van der Waals surface area contributed by atoms with E-state index in [-0.39, 0.29) is 17.7 Å². The molecule has 1 fully saturated rings. The average Bonchev–Trinajstić information content (AvgIpc) is 2.99. The smallest absolute Gasteiger partial charge is 0.282 e. The monoisotopic (exact) mass is 437 g/mol. The summed E-state index contributed by atoms with van der Waals surface area (Å²) >= 11 is 6.04. The zero-order valence-electron chi connectivity index (χ0n) is 17.5. The predicted molar refractivity (Wildman–Crippen MR) is 122 cm³/mol. The Hall–Kier alpha value is -3.12. The van der Waals surface area contributed by atoms with Gasteiger partial charge < -0.3 is 10.2 Å². The number of nitrogens with one attached hydrogen (secondary N) is 1. The largest absolute Gasteiger partial charge is 0.366 e. The van der Waals surface area contributed by atoms with E-state index >= 15 is 0 Å². The summed E-state index contributed by atoms with van der Waals surface area (Å²) in [5, 5.41) is 3.26. The fraction of sp³-hybridized carbons (Fsp3) is 0.292. The highest BCUT2D eigenvalue weighted by molar-refractivity contribution is 6.45. The molecule has 160 valence electrons. The number of imide groups is 1. The van der Waals surface area contributed by atoms with Crippen molar-refractivity contribution in [2.45, 2.75) is 26.7 Å². The van der Waals surface area contributed by atoms with Gasteiger partial charge in [-0.15, -0.1) is 0 Å². The van der Waals surface area contributed by atoms with Gasteiger partial charge in [-0.25, -0.2) is 4.90 Å². The Morgan fingerprint density at radius 3 is 2.32 bits per heavy atom. The van der Waals surface area contributed by atoms with E-state index in [1.807, 2.05) is 4.90 Å². The van der Waals surface area contributed by atoms with Gasteiger partial charge >= 0.3 is 0 Å². The van der Waals surface area contributed by atoms with E-state index in [0.29, 0.717) is 39.1 Å². The van der Waals surface area contributed by atoms with Crippen LogP contribution in [0.5, 0.6) is 0 Å². The predicted octanol–water partition coefficient (Wildman–Crippen LogP) is 4.31. The van der Waals surface area contributed by atoms with Crippen molar-refractivity contribution in [3.8, 4) is 0 Å². The van der Waals surface area contributed by atoms with E-state index in [9.17, 15) is 14.4 Å². The zero-order chi connectivity index (χ0) is 22.1. The fourth-order valence-electron chi connectivity index (χ4n) is 4.21. The van der Waals surface area contributed by atoms with Crippen LogP contribution in [0.15, 0.2) is 54.2 Å². The van der Waals surface area contributed by atoms with Gasteiger partial charge in [0, 0.05) is 30.7 Å². The molecule has 6 nitrogen and oxygen atoms in total. The van der Waals surface area contributed by atoms with Crippen molar-refractivity contribution in [3.63, 3.8) is 0 Å². The van der Waals surface area contributed by atoms with Gasteiger partial charge in [0.1, 0.15) is 5.70 Å².